The van der Waals surface area contributed by atoms with Gasteiger partial charge in [0.25, 0.3) is 0 Å². The molecule has 1 aromatic carbocycles. The van der Waals surface area contributed by atoms with Crippen molar-refractivity contribution >= 4 is 22.6 Å². The maximum Gasteiger partial charge on any atom is 0.161 e. The first-order valence-corrected chi connectivity index (χ1v) is 6.37. The minimum absolute atomic E-state index is 0.237. The summed E-state index contributed by atoms with van der Waals surface area (Å²) >= 11 is 1.65. The molecule has 1 aromatic rings. The fraction of sp³-hybridized carbons (Fsp3) is 0.417. The Balaban J connectivity index is 2.07. The number of rotatable bonds is 2. The number of hydrogen-bond donors (Lipinski definition) is 1. The predicted octanol–water partition coefficient (Wildman–Crippen LogP) is 3.37. The Labute approximate surface area is 99.3 Å². The third kappa shape index (κ3) is 2.55. The van der Waals surface area contributed by atoms with Gasteiger partial charge in [-0.2, -0.15) is 0 Å². The van der Waals surface area contributed by atoms with Gasteiger partial charge in [-0.05, 0) is 18.1 Å². The number of anilines is 1. The van der Waals surface area contributed by atoms with Crippen LogP contribution in [0.15, 0.2) is 29.3 Å². The normalized spacial score (nSPS) is 20.0. The molecule has 1 aliphatic rings. The third-order valence-corrected chi connectivity index (χ3v) is 3.55. The van der Waals surface area contributed by atoms with E-state index in [1.54, 1.807) is 23.9 Å². The van der Waals surface area contributed by atoms with Gasteiger partial charge in [0.2, 0.25) is 0 Å². The first kappa shape index (κ1) is 11.5. The van der Waals surface area contributed by atoms with E-state index in [4.69, 9.17) is 0 Å². The molecule has 4 heteroatoms. The number of aliphatic imine (C=N–C) groups is 1. The lowest BCUT2D eigenvalue weighted by Crippen LogP contribution is -2.12. The van der Waals surface area contributed by atoms with Crippen molar-refractivity contribution in [2.45, 2.75) is 19.9 Å². The van der Waals surface area contributed by atoms with Crippen molar-refractivity contribution in [2.24, 2.45) is 10.9 Å². The number of thioether (sulfide) groups is 1. The van der Waals surface area contributed by atoms with Gasteiger partial charge < -0.3 is 5.32 Å². The highest BCUT2D eigenvalue weighted by atomic mass is 32.2. The maximum atomic E-state index is 13.4. The van der Waals surface area contributed by atoms with E-state index in [0.29, 0.717) is 17.6 Å². The predicted molar refractivity (Wildman–Crippen MR) is 68.5 cm³/mol. The van der Waals surface area contributed by atoms with Crippen LogP contribution in [0.25, 0.3) is 0 Å². The van der Waals surface area contributed by atoms with E-state index in [9.17, 15) is 4.39 Å². The molecule has 1 heterocycles. The van der Waals surface area contributed by atoms with E-state index in [0.717, 1.165) is 10.9 Å². The van der Waals surface area contributed by atoms with Crippen LogP contribution in [0, 0.1) is 11.7 Å². The Kier molecular flexibility index (Phi) is 3.49. The Morgan fingerprint density at radius 3 is 2.81 bits per heavy atom. The van der Waals surface area contributed by atoms with E-state index in [-0.39, 0.29) is 5.82 Å². The maximum absolute atomic E-state index is 13.4. The highest BCUT2D eigenvalue weighted by molar-refractivity contribution is 8.14. The summed E-state index contributed by atoms with van der Waals surface area (Å²) in [6, 6.07) is 7.01. The van der Waals surface area contributed by atoms with E-state index in [1.165, 1.54) is 6.07 Å². The molecule has 0 saturated heterocycles. The molecule has 2 nitrogen and oxygen atoms in total. The molecule has 0 saturated carbocycles. The highest BCUT2D eigenvalue weighted by Gasteiger charge is 2.21. The van der Waals surface area contributed by atoms with Crippen molar-refractivity contribution < 1.29 is 4.39 Å². The van der Waals surface area contributed by atoms with Gasteiger partial charge in [0.05, 0.1) is 11.7 Å². The standard InChI is InChI=1S/C12H15FN2S/c1-8(2)11-7-16-12(15-11)14-10-6-4-3-5-9(10)13/h3-6,8,11H,7H2,1-2H3,(H,14,15)/t11-/m1/s1. The molecule has 0 amide bonds. The Bertz CT molecular complexity index is 404. The summed E-state index contributed by atoms with van der Waals surface area (Å²) in [5.74, 6) is 1.28. The zero-order chi connectivity index (χ0) is 11.5. The largest absolute Gasteiger partial charge is 0.333 e. The zero-order valence-corrected chi connectivity index (χ0v) is 10.2. The molecule has 16 heavy (non-hydrogen) atoms. The average molecular weight is 238 g/mol. The van der Waals surface area contributed by atoms with Crippen molar-refractivity contribution in [1.82, 2.24) is 0 Å². The summed E-state index contributed by atoms with van der Waals surface area (Å²) in [5, 5.41) is 3.85. The second-order valence-electron chi connectivity index (χ2n) is 4.16. The summed E-state index contributed by atoms with van der Waals surface area (Å²) in [6.45, 7) is 4.31. The van der Waals surface area contributed by atoms with Crippen LogP contribution in [0.5, 0.6) is 0 Å². The second-order valence-corrected chi connectivity index (χ2v) is 5.17. The first-order valence-electron chi connectivity index (χ1n) is 5.39. The quantitative estimate of drug-likeness (QED) is 0.854. The molecule has 0 aliphatic carbocycles. The molecule has 1 N–H and O–H groups in total. The van der Waals surface area contributed by atoms with Gasteiger partial charge in [0.1, 0.15) is 5.82 Å². The lowest BCUT2D eigenvalue weighted by molar-refractivity contribution is 0.543. The molecule has 0 bridgehead atoms. The van der Waals surface area contributed by atoms with Gasteiger partial charge in [-0.25, -0.2) is 4.39 Å². The van der Waals surface area contributed by atoms with Gasteiger partial charge in [-0.1, -0.05) is 37.7 Å². The minimum Gasteiger partial charge on any atom is -0.333 e. The number of amidine groups is 1. The summed E-state index contributed by atoms with van der Waals surface area (Å²) in [6.07, 6.45) is 0. The second kappa shape index (κ2) is 4.87. The van der Waals surface area contributed by atoms with Crippen LogP contribution in [0.1, 0.15) is 13.8 Å². The number of halogens is 1. The Morgan fingerprint density at radius 2 is 2.19 bits per heavy atom. The molecular weight excluding hydrogens is 223 g/mol. The average Bonchev–Trinajstić information content (AvgIpc) is 2.70. The molecule has 0 fully saturated rings. The van der Waals surface area contributed by atoms with Gasteiger partial charge >= 0.3 is 0 Å². The van der Waals surface area contributed by atoms with E-state index in [1.807, 2.05) is 6.07 Å². The smallest absolute Gasteiger partial charge is 0.161 e. The van der Waals surface area contributed by atoms with Crippen LogP contribution >= 0.6 is 11.8 Å². The molecule has 86 valence electrons. The molecule has 0 spiro atoms. The number of benzene rings is 1. The topological polar surface area (TPSA) is 24.4 Å². The van der Waals surface area contributed by atoms with E-state index in [2.05, 4.69) is 24.2 Å². The lowest BCUT2D eigenvalue weighted by Gasteiger charge is -2.08. The number of hydrogen-bond acceptors (Lipinski definition) is 3. The van der Waals surface area contributed by atoms with Crippen LogP contribution in [0.4, 0.5) is 10.1 Å². The molecule has 1 aliphatic heterocycles. The van der Waals surface area contributed by atoms with Gasteiger partial charge in [0, 0.05) is 5.75 Å². The third-order valence-electron chi connectivity index (χ3n) is 2.56. The van der Waals surface area contributed by atoms with E-state index >= 15 is 0 Å². The molecule has 0 unspecified atom stereocenters. The summed E-state index contributed by atoms with van der Waals surface area (Å²) in [4.78, 5) is 4.53. The fourth-order valence-corrected chi connectivity index (χ4v) is 2.66. The van der Waals surface area contributed by atoms with Crippen LogP contribution < -0.4 is 5.32 Å². The number of para-hydroxylation sites is 1. The van der Waals surface area contributed by atoms with Gasteiger partial charge in [-0.15, -0.1) is 0 Å². The highest BCUT2D eigenvalue weighted by Crippen LogP contribution is 2.25. The minimum atomic E-state index is -0.237. The Hall–Kier alpha value is -1.03. The monoisotopic (exact) mass is 238 g/mol. The van der Waals surface area contributed by atoms with Crippen molar-refractivity contribution in [3.05, 3.63) is 30.1 Å². The van der Waals surface area contributed by atoms with Crippen LogP contribution in [-0.2, 0) is 0 Å². The SMILES string of the molecule is CC(C)[C@H]1CSC(Nc2ccccc2F)=N1. The van der Waals surface area contributed by atoms with E-state index < -0.39 is 0 Å². The van der Waals surface area contributed by atoms with Gasteiger partial charge in [-0.3, -0.25) is 4.99 Å². The fourth-order valence-electron chi connectivity index (χ4n) is 1.48. The molecular formula is C12H15FN2S. The van der Waals surface area contributed by atoms with Crippen molar-refractivity contribution in [2.75, 3.05) is 11.1 Å². The van der Waals surface area contributed by atoms with Crippen molar-refractivity contribution in [3.8, 4) is 0 Å². The molecule has 0 radical (unpaired) electrons. The number of nitrogens with zero attached hydrogens (tertiary/aromatic N) is 1. The van der Waals surface area contributed by atoms with Crippen molar-refractivity contribution in [1.29, 1.82) is 0 Å². The lowest BCUT2D eigenvalue weighted by atomic mass is 10.1. The molecule has 2 rings (SSSR count). The van der Waals surface area contributed by atoms with Crippen LogP contribution in [-0.4, -0.2) is 17.0 Å². The first-order chi connectivity index (χ1) is 7.66. The summed E-state index contributed by atoms with van der Waals surface area (Å²) in [5.41, 5.74) is 0.498. The van der Waals surface area contributed by atoms with Gasteiger partial charge in [0.15, 0.2) is 5.17 Å². The van der Waals surface area contributed by atoms with Crippen LogP contribution in [0.2, 0.25) is 0 Å². The Morgan fingerprint density at radius 1 is 1.44 bits per heavy atom. The number of nitrogens with one attached hydrogen (secondary N) is 1. The van der Waals surface area contributed by atoms with Crippen molar-refractivity contribution in [3.63, 3.8) is 0 Å². The molecule has 0 aromatic heterocycles. The summed E-state index contributed by atoms with van der Waals surface area (Å²) < 4.78 is 13.4. The van der Waals surface area contributed by atoms with Crippen LogP contribution in [0.3, 0.4) is 0 Å². The molecule has 1 atom stereocenters. The summed E-state index contributed by atoms with van der Waals surface area (Å²) in [7, 11) is 0. The zero-order valence-electron chi connectivity index (χ0n) is 9.40.